The van der Waals surface area contributed by atoms with E-state index < -0.39 is 24.8 Å². The summed E-state index contributed by atoms with van der Waals surface area (Å²) in [6.45, 7) is 16.6. The number of fused-ring (bicyclic) bond motifs is 2. The molecule has 3 aromatic carbocycles. The Labute approximate surface area is 418 Å². The number of nitrogens with zero attached hydrogens (tertiary/aromatic N) is 8. The SMILES string of the molecule is CCOc1cc(N2CCC(N3CCN(CCc4cc(Cl)cc5c4oc(=O)n5C4CCC(=O)NC4=O)CC3)CC2)c(CC)cc1Nc1ncc(Br)c(Nc2ccc3c(=O)n(CC)ncc3c2P(C)(C)=O)n1. The Kier molecular flexibility index (Phi) is 14.6. The van der Waals surface area contributed by atoms with Gasteiger partial charge in [-0.2, -0.15) is 10.1 Å². The third kappa shape index (κ3) is 10.1. The molecule has 3 aliphatic heterocycles. The molecule has 3 N–H and O–H groups in total. The van der Waals surface area contributed by atoms with Crippen molar-refractivity contribution in [2.45, 2.75) is 77.9 Å². The predicted octanol–water partition coefficient (Wildman–Crippen LogP) is 7.03. The summed E-state index contributed by atoms with van der Waals surface area (Å²) < 4.78 is 29.1. The van der Waals surface area contributed by atoms with Gasteiger partial charge in [-0.3, -0.25) is 29.2 Å². The average Bonchev–Trinajstić information content (AvgIpc) is 3.67. The molecule has 3 aromatic heterocycles. The van der Waals surface area contributed by atoms with Crippen molar-refractivity contribution in [2.75, 3.05) is 81.3 Å². The van der Waals surface area contributed by atoms with Gasteiger partial charge in [0.2, 0.25) is 17.8 Å². The van der Waals surface area contributed by atoms with E-state index in [1.165, 1.54) is 14.8 Å². The number of aryl methyl sites for hydroxylation is 2. The van der Waals surface area contributed by atoms with Crippen LogP contribution in [0.25, 0.3) is 21.9 Å². The first kappa shape index (κ1) is 49.4. The van der Waals surface area contributed by atoms with Gasteiger partial charge in [-0.25, -0.2) is 14.5 Å². The topological polar surface area (TPSA) is 202 Å². The predicted molar refractivity (Wildman–Crippen MR) is 278 cm³/mol. The van der Waals surface area contributed by atoms with Crippen molar-refractivity contribution in [2.24, 2.45) is 0 Å². The maximum atomic E-state index is 13.8. The van der Waals surface area contributed by atoms with Crippen molar-refractivity contribution in [3.05, 3.63) is 90.3 Å². The lowest BCUT2D eigenvalue weighted by molar-refractivity contribution is -0.135. The highest BCUT2D eigenvalue weighted by Gasteiger charge is 2.33. The molecule has 2 amide bonds. The Morgan fingerprint density at radius 1 is 0.914 bits per heavy atom. The number of halogens is 2. The van der Waals surface area contributed by atoms with Gasteiger partial charge in [0, 0.05) is 98.5 Å². The molecule has 9 rings (SSSR count). The Hall–Kier alpha value is -5.59. The first-order valence-corrected chi connectivity index (χ1v) is 27.7. The fraction of sp³-hybridized carbons (Fsp3) is 0.449. The van der Waals surface area contributed by atoms with Crippen LogP contribution in [-0.4, -0.2) is 118 Å². The van der Waals surface area contributed by atoms with E-state index in [0.29, 0.717) is 85.5 Å². The summed E-state index contributed by atoms with van der Waals surface area (Å²) in [7, 11) is -2.92. The highest BCUT2D eigenvalue weighted by Crippen LogP contribution is 2.42. The maximum Gasteiger partial charge on any atom is 0.420 e. The molecular formula is C49H58BrClN11O7P. The number of hydrogen-bond acceptors (Lipinski definition) is 15. The molecule has 1 unspecified atom stereocenters. The largest absolute Gasteiger partial charge is 0.492 e. The van der Waals surface area contributed by atoms with Crippen molar-refractivity contribution >= 4 is 102 Å². The summed E-state index contributed by atoms with van der Waals surface area (Å²) in [6, 6.07) is 10.9. The second kappa shape index (κ2) is 20.6. The van der Waals surface area contributed by atoms with Crippen LogP contribution in [0, 0.1) is 0 Å². The van der Waals surface area contributed by atoms with Crippen LogP contribution >= 0.6 is 34.7 Å². The zero-order valence-electron chi connectivity index (χ0n) is 40.0. The van der Waals surface area contributed by atoms with Crippen LogP contribution in [0.3, 0.4) is 0 Å². The van der Waals surface area contributed by atoms with E-state index in [1.54, 1.807) is 43.9 Å². The minimum atomic E-state index is -2.92. The molecule has 0 spiro atoms. The highest BCUT2D eigenvalue weighted by atomic mass is 79.9. The highest BCUT2D eigenvalue weighted by molar-refractivity contribution is 9.10. The molecule has 0 radical (unpaired) electrons. The number of ether oxygens (including phenoxy) is 1. The molecule has 0 aliphatic carbocycles. The van der Waals surface area contributed by atoms with E-state index in [0.717, 1.165) is 82.0 Å². The summed E-state index contributed by atoms with van der Waals surface area (Å²) >= 11 is 10.2. The molecule has 6 heterocycles. The normalized spacial score (nSPS) is 17.6. The molecule has 0 bridgehead atoms. The smallest absolute Gasteiger partial charge is 0.420 e. The fourth-order valence-electron chi connectivity index (χ4n) is 10.2. The second-order valence-electron chi connectivity index (χ2n) is 18.4. The van der Waals surface area contributed by atoms with E-state index in [9.17, 15) is 23.7 Å². The van der Waals surface area contributed by atoms with E-state index in [4.69, 9.17) is 25.7 Å². The Morgan fingerprint density at radius 3 is 2.39 bits per heavy atom. The number of imide groups is 1. The number of carbonyl (C=O) groups excluding carboxylic acids is 2. The number of hydrogen-bond donors (Lipinski definition) is 3. The van der Waals surface area contributed by atoms with Crippen LogP contribution in [-0.2, 0) is 33.5 Å². The molecule has 3 saturated heterocycles. The van der Waals surface area contributed by atoms with Crippen molar-refractivity contribution in [1.82, 2.24) is 39.4 Å². The van der Waals surface area contributed by atoms with Crippen LogP contribution in [0.15, 0.2) is 67.3 Å². The molecule has 18 nitrogen and oxygen atoms in total. The Morgan fingerprint density at radius 2 is 1.69 bits per heavy atom. The van der Waals surface area contributed by atoms with E-state index in [1.807, 2.05) is 19.9 Å². The third-order valence-electron chi connectivity index (χ3n) is 13.7. The van der Waals surface area contributed by atoms with Crippen LogP contribution in [0.2, 0.25) is 5.02 Å². The summed E-state index contributed by atoms with van der Waals surface area (Å²) in [5.74, 6) is -0.0118. The summed E-state index contributed by atoms with van der Waals surface area (Å²) in [5, 5.41) is 15.4. The summed E-state index contributed by atoms with van der Waals surface area (Å²) in [5.41, 5.74) is 5.12. The zero-order chi connectivity index (χ0) is 49.4. The van der Waals surface area contributed by atoms with Gasteiger partial charge < -0.3 is 34.2 Å². The minimum Gasteiger partial charge on any atom is -0.492 e. The lowest BCUT2D eigenvalue weighted by atomic mass is 9.99. The number of carbonyl (C=O) groups is 2. The molecule has 1 atom stereocenters. The second-order valence-corrected chi connectivity index (χ2v) is 22.8. The number of anilines is 5. The summed E-state index contributed by atoms with van der Waals surface area (Å²) in [4.78, 5) is 67.5. The van der Waals surface area contributed by atoms with Gasteiger partial charge in [-0.1, -0.05) is 18.5 Å². The average molecular weight is 1060 g/mol. The molecule has 21 heteroatoms. The van der Waals surface area contributed by atoms with Crippen LogP contribution in [0.4, 0.5) is 28.8 Å². The van der Waals surface area contributed by atoms with Crippen LogP contribution in [0.5, 0.6) is 5.75 Å². The lowest BCUT2D eigenvalue weighted by Crippen LogP contribution is -2.53. The number of piperidine rings is 2. The van der Waals surface area contributed by atoms with Gasteiger partial charge in [0.15, 0.2) is 5.58 Å². The fourth-order valence-corrected chi connectivity index (χ4v) is 12.1. The maximum absolute atomic E-state index is 13.8. The van der Waals surface area contributed by atoms with Crippen molar-refractivity contribution in [1.29, 1.82) is 0 Å². The van der Waals surface area contributed by atoms with E-state index in [2.05, 4.69) is 75.7 Å². The van der Waals surface area contributed by atoms with Gasteiger partial charge in [-0.15, -0.1) is 0 Å². The van der Waals surface area contributed by atoms with Crippen LogP contribution < -0.4 is 42.2 Å². The molecule has 70 heavy (non-hydrogen) atoms. The summed E-state index contributed by atoms with van der Waals surface area (Å²) in [6.07, 6.45) is 7.15. The van der Waals surface area contributed by atoms with E-state index >= 15 is 0 Å². The van der Waals surface area contributed by atoms with Crippen molar-refractivity contribution in [3.8, 4) is 5.75 Å². The van der Waals surface area contributed by atoms with Gasteiger partial charge in [0.05, 0.1) is 39.6 Å². The van der Waals surface area contributed by atoms with E-state index in [-0.39, 0.29) is 24.3 Å². The molecule has 370 valence electrons. The molecular weight excluding hydrogens is 1000 g/mol. The third-order valence-corrected chi connectivity index (χ3v) is 16.0. The van der Waals surface area contributed by atoms with Gasteiger partial charge in [0.1, 0.15) is 24.8 Å². The molecule has 0 saturated carbocycles. The monoisotopic (exact) mass is 1060 g/mol. The number of piperazine rings is 1. The number of benzene rings is 3. The Bertz CT molecular complexity index is 3160. The number of nitrogens with one attached hydrogen (secondary N) is 3. The quantitative estimate of drug-likeness (QED) is 0.0698. The van der Waals surface area contributed by atoms with Gasteiger partial charge in [0.25, 0.3) is 5.56 Å². The lowest BCUT2D eigenvalue weighted by Gasteiger charge is -2.43. The van der Waals surface area contributed by atoms with Crippen molar-refractivity contribution < 1.29 is 23.3 Å². The molecule has 6 aromatic rings. The van der Waals surface area contributed by atoms with Gasteiger partial charge >= 0.3 is 5.76 Å². The Balaban J connectivity index is 0.836. The minimum absolute atomic E-state index is 0.148. The van der Waals surface area contributed by atoms with Gasteiger partial charge in [-0.05, 0) is 117 Å². The zero-order valence-corrected chi connectivity index (χ0v) is 43.3. The number of rotatable bonds is 15. The molecule has 3 fully saturated rings. The van der Waals surface area contributed by atoms with Crippen molar-refractivity contribution in [3.63, 3.8) is 0 Å². The standard InChI is InChI=1S/C49H58BrClN11O7P/c1-6-29-24-37(55-48-52-28-35(50)45(57-48)54-36-10-9-33-34(44(36)70(4,5)67)27-53-61(7-2)47(33)65)41(68-8-3)26-39(29)60-17-14-32(15-18-60)59-21-19-58(20-22-59)16-13-30-23-31(51)25-40-43(30)69-49(66)62(40)38-11-12-42(63)56-46(38)64/h9-10,23-28,32,38H,6-8,11-22H2,1-5H3,(H,56,63,64)(H2,52,54,55,57). The van der Waals surface area contributed by atoms with Crippen LogP contribution in [0.1, 0.15) is 63.6 Å². The first-order valence-electron chi connectivity index (χ1n) is 24.0. The molecule has 3 aliphatic rings. The number of oxazole rings is 1. The first-order chi connectivity index (χ1) is 33.6. The number of aromatic nitrogens is 5. The number of amides is 2.